The van der Waals surface area contributed by atoms with E-state index in [-0.39, 0.29) is 23.2 Å². The maximum Gasteiger partial charge on any atom is 0.280 e. The second-order valence-electron chi connectivity index (χ2n) is 13.6. The van der Waals surface area contributed by atoms with Gasteiger partial charge in [-0.15, -0.1) is 0 Å². The summed E-state index contributed by atoms with van der Waals surface area (Å²) in [6.07, 6.45) is 6.19. The third-order valence-corrected chi connectivity index (χ3v) is 9.25. The summed E-state index contributed by atoms with van der Waals surface area (Å²) in [4.78, 5) is 25.4. The number of guanidine groups is 1. The molecule has 226 valence electrons. The molecule has 3 aromatic rings. The van der Waals surface area contributed by atoms with E-state index in [1.165, 1.54) is 12.8 Å². The smallest absolute Gasteiger partial charge is 0.280 e. The minimum atomic E-state index is -0.315. The maximum atomic E-state index is 13.7. The Kier molecular flexibility index (Phi) is 6.54. The number of amides is 1. The molecular formula is C33H41N7O3. The lowest BCUT2D eigenvalue weighted by Crippen LogP contribution is -2.70. The highest BCUT2D eigenvalue weighted by Crippen LogP contribution is 2.45. The van der Waals surface area contributed by atoms with E-state index in [0.29, 0.717) is 41.5 Å². The Morgan fingerprint density at radius 1 is 1.05 bits per heavy atom. The van der Waals surface area contributed by atoms with Gasteiger partial charge in [0.2, 0.25) is 11.8 Å². The molecule has 0 radical (unpaired) electrons. The van der Waals surface area contributed by atoms with E-state index in [1.54, 1.807) is 23.0 Å². The number of pyridine rings is 1. The molecule has 1 aliphatic carbocycles. The van der Waals surface area contributed by atoms with Gasteiger partial charge in [-0.25, -0.2) is 4.68 Å². The van der Waals surface area contributed by atoms with Gasteiger partial charge in [-0.2, -0.15) is 10.1 Å². The Balaban J connectivity index is 1.26. The van der Waals surface area contributed by atoms with Crippen LogP contribution in [-0.2, 0) is 11.8 Å². The van der Waals surface area contributed by atoms with Crippen molar-refractivity contribution in [1.82, 2.24) is 14.8 Å². The normalized spacial score (nSPS) is 24.1. The van der Waals surface area contributed by atoms with Gasteiger partial charge in [-0.1, -0.05) is 0 Å². The summed E-state index contributed by atoms with van der Waals surface area (Å²) in [6.45, 7) is 11.7. The molecule has 43 heavy (non-hydrogen) atoms. The van der Waals surface area contributed by atoms with Crippen LogP contribution in [0, 0.1) is 18.8 Å². The molecule has 2 N–H and O–H groups in total. The first-order chi connectivity index (χ1) is 20.5. The second kappa shape index (κ2) is 10.1. The van der Waals surface area contributed by atoms with Crippen molar-refractivity contribution in [1.29, 1.82) is 0 Å². The number of nitrogens with zero attached hydrogens (tertiary/aromatic N) is 5. The number of benzene rings is 1. The summed E-state index contributed by atoms with van der Waals surface area (Å²) in [5.41, 5.74) is 5.10. The third kappa shape index (κ3) is 5.15. The number of anilines is 3. The predicted molar refractivity (Wildman–Crippen MR) is 168 cm³/mol. The molecule has 10 heteroatoms. The van der Waals surface area contributed by atoms with Crippen LogP contribution in [0.1, 0.15) is 69.4 Å². The van der Waals surface area contributed by atoms with Gasteiger partial charge in [0.25, 0.3) is 5.91 Å². The molecule has 1 amide bonds. The number of carbonyl (C=O) groups is 1. The van der Waals surface area contributed by atoms with E-state index < -0.39 is 0 Å². The van der Waals surface area contributed by atoms with E-state index >= 15 is 0 Å². The van der Waals surface area contributed by atoms with Gasteiger partial charge in [-0.3, -0.25) is 9.78 Å². The number of hydrogen-bond donors (Lipinski definition) is 2. The van der Waals surface area contributed by atoms with Crippen LogP contribution in [-0.4, -0.2) is 57.0 Å². The fourth-order valence-electron chi connectivity index (χ4n) is 7.28. The van der Waals surface area contributed by atoms with E-state index in [9.17, 15) is 4.79 Å². The van der Waals surface area contributed by atoms with Crippen molar-refractivity contribution in [3.8, 4) is 17.1 Å². The van der Waals surface area contributed by atoms with Crippen LogP contribution in [0.4, 0.5) is 17.1 Å². The topological polar surface area (TPSA) is 106 Å². The number of hydrogen-bond acceptors (Lipinski definition) is 8. The second-order valence-corrected chi connectivity index (χ2v) is 13.6. The molecule has 1 aromatic carbocycles. The summed E-state index contributed by atoms with van der Waals surface area (Å²) in [5.74, 6) is 2.06. The minimum absolute atomic E-state index is 0.162. The van der Waals surface area contributed by atoms with Crippen LogP contribution >= 0.6 is 0 Å². The molecule has 2 bridgehead atoms. The molecule has 1 saturated carbocycles. The Bertz CT molecular complexity index is 1610. The van der Waals surface area contributed by atoms with Gasteiger partial charge in [0.05, 0.1) is 52.7 Å². The monoisotopic (exact) mass is 583 g/mol. The van der Waals surface area contributed by atoms with Gasteiger partial charge in [0, 0.05) is 30.5 Å². The summed E-state index contributed by atoms with van der Waals surface area (Å²) in [7, 11) is 1.87. The molecule has 0 unspecified atom stereocenters. The molecule has 3 aliphatic heterocycles. The predicted octanol–water partition coefficient (Wildman–Crippen LogP) is 5.79. The SMILES string of the molecule is Cc1cc2cc(n1)-c1cnn(C)c1OCCC[C@@H](C1CC1)CN1/C(=N/C2=O)Nc2cc(NC3C(C)(C)OC3(C)C)ccc21. The van der Waals surface area contributed by atoms with Gasteiger partial charge >= 0.3 is 0 Å². The van der Waals surface area contributed by atoms with E-state index in [2.05, 4.69) is 66.5 Å². The zero-order valence-corrected chi connectivity index (χ0v) is 25.9. The average molecular weight is 584 g/mol. The summed E-state index contributed by atoms with van der Waals surface area (Å²) in [5, 5.41) is 11.6. The van der Waals surface area contributed by atoms with Gasteiger partial charge < -0.3 is 25.0 Å². The highest BCUT2D eigenvalue weighted by molar-refractivity contribution is 6.19. The van der Waals surface area contributed by atoms with Crippen molar-refractivity contribution in [2.45, 2.75) is 77.5 Å². The first-order valence-corrected chi connectivity index (χ1v) is 15.4. The largest absolute Gasteiger partial charge is 0.477 e. The van der Waals surface area contributed by atoms with Crippen molar-refractivity contribution in [2.24, 2.45) is 23.9 Å². The number of aryl methyl sites for hydroxylation is 2. The van der Waals surface area contributed by atoms with Gasteiger partial charge in [0.1, 0.15) is 0 Å². The molecular weight excluding hydrogens is 542 g/mol. The summed E-state index contributed by atoms with van der Waals surface area (Å²) >= 11 is 0. The number of fused-ring (bicyclic) bond motifs is 7. The Hall–Kier alpha value is -3.92. The van der Waals surface area contributed by atoms with E-state index in [4.69, 9.17) is 19.5 Å². The molecule has 2 aromatic heterocycles. The summed E-state index contributed by atoms with van der Waals surface area (Å²) < 4.78 is 14.1. The van der Waals surface area contributed by atoms with Crippen molar-refractivity contribution in [3.05, 3.63) is 47.8 Å². The lowest BCUT2D eigenvalue weighted by molar-refractivity contribution is -0.248. The molecule has 0 spiro atoms. The fraction of sp³-hybridized carbons (Fsp3) is 0.515. The van der Waals surface area contributed by atoms with Crippen LogP contribution < -0.4 is 20.3 Å². The van der Waals surface area contributed by atoms with Crippen LogP contribution in [0.5, 0.6) is 5.88 Å². The van der Waals surface area contributed by atoms with Crippen LogP contribution in [0.2, 0.25) is 0 Å². The first kappa shape index (κ1) is 27.9. The van der Waals surface area contributed by atoms with Crippen LogP contribution in [0.25, 0.3) is 11.3 Å². The highest BCUT2D eigenvalue weighted by Gasteiger charge is 2.54. The van der Waals surface area contributed by atoms with Crippen LogP contribution in [0.15, 0.2) is 41.5 Å². The quantitative estimate of drug-likeness (QED) is 0.400. The van der Waals surface area contributed by atoms with Crippen molar-refractivity contribution >= 4 is 28.9 Å². The number of aromatic nitrogens is 3. The number of carbonyl (C=O) groups excluding carboxylic acids is 1. The molecule has 4 aliphatic rings. The molecule has 7 rings (SSSR count). The lowest BCUT2D eigenvalue weighted by atomic mass is 9.78. The number of nitrogens with one attached hydrogen (secondary N) is 2. The van der Waals surface area contributed by atoms with Crippen molar-refractivity contribution < 1.29 is 14.3 Å². The van der Waals surface area contributed by atoms with E-state index in [1.807, 2.05) is 14.0 Å². The molecule has 1 saturated heterocycles. The van der Waals surface area contributed by atoms with Crippen LogP contribution in [0.3, 0.4) is 0 Å². The number of ether oxygens (including phenoxy) is 2. The Morgan fingerprint density at radius 3 is 2.58 bits per heavy atom. The minimum Gasteiger partial charge on any atom is -0.477 e. The Labute approximate surface area is 252 Å². The maximum absolute atomic E-state index is 13.7. The fourth-order valence-corrected chi connectivity index (χ4v) is 7.28. The first-order valence-electron chi connectivity index (χ1n) is 15.4. The molecule has 1 atom stereocenters. The standard InChI is InChI=1S/C33H41N7O3/c1-19-14-22-15-25(35-19)24-17-34-39(6)29(24)42-13-7-8-21(20-9-10-20)18-40-27-12-11-23(16-26(27)37-31(40)38-28(22)41)36-30-32(2,3)43-33(30,4)5/h11-12,14-17,20-21,30,36H,7-10,13,18H2,1-6H3,(H,37,38,41)/t21-/m1/s1. The third-order valence-electron chi connectivity index (χ3n) is 9.25. The average Bonchev–Trinajstić information content (AvgIpc) is 3.64. The summed E-state index contributed by atoms with van der Waals surface area (Å²) in [6, 6.07) is 10.1. The molecule has 2 fully saturated rings. The Morgan fingerprint density at radius 2 is 1.84 bits per heavy atom. The highest BCUT2D eigenvalue weighted by atomic mass is 16.6. The van der Waals surface area contributed by atoms with Crippen molar-refractivity contribution in [3.63, 3.8) is 0 Å². The van der Waals surface area contributed by atoms with Gasteiger partial charge in [0.15, 0.2) is 0 Å². The number of rotatable bonds is 3. The lowest BCUT2D eigenvalue weighted by Gasteiger charge is -2.57. The molecule has 10 nitrogen and oxygen atoms in total. The zero-order chi connectivity index (χ0) is 30.1. The zero-order valence-electron chi connectivity index (χ0n) is 25.9. The van der Waals surface area contributed by atoms with E-state index in [0.717, 1.165) is 47.7 Å². The van der Waals surface area contributed by atoms with Gasteiger partial charge in [-0.05, 0) is 102 Å². The molecule has 5 heterocycles. The number of aliphatic imine (C=N–C) groups is 1. The van der Waals surface area contributed by atoms with Crippen molar-refractivity contribution in [2.75, 3.05) is 28.7 Å².